The van der Waals surface area contributed by atoms with Crippen LogP contribution in [0, 0.1) is 11.3 Å². The van der Waals surface area contributed by atoms with Crippen LogP contribution in [0.2, 0.25) is 0 Å². The third-order valence-electron chi connectivity index (χ3n) is 2.43. The Kier molecular flexibility index (Phi) is 3.56. The zero-order valence-electron chi connectivity index (χ0n) is 9.35. The molecule has 0 heterocycles. The van der Waals surface area contributed by atoms with Gasteiger partial charge in [0.05, 0.1) is 17.2 Å². The molecule has 0 amide bonds. The van der Waals surface area contributed by atoms with Gasteiger partial charge in [-0.3, -0.25) is 4.79 Å². The summed E-state index contributed by atoms with van der Waals surface area (Å²) >= 11 is 0. The number of carbonyl (C=O) groups excluding carboxylic acids is 1. The summed E-state index contributed by atoms with van der Waals surface area (Å²) < 4.78 is 37.7. The fourth-order valence-corrected chi connectivity index (χ4v) is 1.63. The molecule has 1 aromatic rings. The Morgan fingerprint density at radius 2 is 2.00 bits per heavy atom. The van der Waals surface area contributed by atoms with E-state index in [1.54, 1.807) is 13.0 Å². The van der Waals surface area contributed by atoms with Gasteiger partial charge < -0.3 is 0 Å². The maximum atomic E-state index is 12.6. The van der Waals surface area contributed by atoms with Crippen molar-refractivity contribution in [1.82, 2.24) is 0 Å². The van der Waals surface area contributed by atoms with Crippen molar-refractivity contribution in [2.24, 2.45) is 0 Å². The Morgan fingerprint density at radius 3 is 2.35 bits per heavy atom. The Balaban J connectivity index is 3.59. The Hall–Kier alpha value is -1.83. The van der Waals surface area contributed by atoms with Gasteiger partial charge in [-0.2, -0.15) is 18.4 Å². The zero-order chi connectivity index (χ0) is 13.2. The number of benzene rings is 1. The van der Waals surface area contributed by atoms with Crippen LogP contribution >= 0.6 is 0 Å². The van der Waals surface area contributed by atoms with E-state index in [1.165, 1.54) is 6.92 Å². The lowest BCUT2D eigenvalue weighted by Gasteiger charge is -2.12. The van der Waals surface area contributed by atoms with Crippen LogP contribution in [0.4, 0.5) is 13.2 Å². The average molecular weight is 241 g/mol. The van der Waals surface area contributed by atoms with Gasteiger partial charge in [-0.1, -0.05) is 6.92 Å². The first-order chi connectivity index (χ1) is 7.81. The first-order valence-electron chi connectivity index (χ1n) is 4.96. The van der Waals surface area contributed by atoms with E-state index in [2.05, 4.69) is 0 Å². The summed E-state index contributed by atoms with van der Waals surface area (Å²) in [6, 6.07) is 3.29. The van der Waals surface area contributed by atoms with Gasteiger partial charge >= 0.3 is 6.18 Å². The highest BCUT2D eigenvalue weighted by Gasteiger charge is 2.32. The summed E-state index contributed by atoms with van der Waals surface area (Å²) in [5.74, 6) is -0.468. The maximum Gasteiger partial charge on any atom is 0.416 e. The standard InChI is InChI=1S/C12H10F3NO/c1-3-10-8(6-16)4-9(12(13,14)15)5-11(10)7(2)17/h4-5H,3H2,1-2H3. The molecule has 0 aromatic heterocycles. The number of nitriles is 1. The lowest BCUT2D eigenvalue weighted by atomic mass is 9.94. The number of carbonyl (C=O) groups is 1. The molecule has 0 aliphatic heterocycles. The van der Waals surface area contributed by atoms with Crippen LogP contribution < -0.4 is 0 Å². The van der Waals surface area contributed by atoms with E-state index in [9.17, 15) is 18.0 Å². The van der Waals surface area contributed by atoms with Crippen molar-refractivity contribution in [3.8, 4) is 6.07 Å². The molecule has 0 N–H and O–H groups in total. The second-order valence-corrected chi connectivity index (χ2v) is 3.57. The quantitative estimate of drug-likeness (QED) is 0.745. The molecule has 17 heavy (non-hydrogen) atoms. The second kappa shape index (κ2) is 4.58. The van der Waals surface area contributed by atoms with Crippen LogP contribution in [0.5, 0.6) is 0 Å². The van der Waals surface area contributed by atoms with Gasteiger partial charge in [-0.15, -0.1) is 0 Å². The number of ketones is 1. The fourth-order valence-electron chi connectivity index (χ4n) is 1.63. The topological polar surface area (TPSA) is 40.9 Å². The van der Waals surface area contributed by atoms with E-state index in [1.807, 2.05) is 0 Å². The normalized spacial score (nSPS) is 11.1. The van der Waals surface area contributed by atoms with Gasteiger partial charge in [0, 0.05) is 5.56 Å². The Labute approximate surface area is 96.7 Å². The van der Waals surface area contributed by atoms with Crippen molar-refractivity contribution < 1.29 is 18.0 Å². The summed E-state index contributed by atoms with van der Waals surface area (Å²) in [7, 11) is 0. The number of rotatable bonds is 2. The fraction of sp³-hybridized carbons (Fsp3) is 0.333. The summed E-state index contributed by atoms with van der Waals surface area (Å²) in [5.41, 5.74) is -0.712. The average Bonchev–Trinajstić information content (AvgIpc) is 2.25. The second-order valence-electron chi connectivity index (χ2n) is 3.57. The van der Waals surface area contributed by atoms with E-state index >= 15 is 0 Å². The van der Waals surface area contributed by atoms with E-state index in [-0.39, 0.29) is 11.1 Å². The van der Waals surface area contributed by atoms with E-state index in [0.29, 0.717) is 12.0 Å². The zero-order valence-corrected chi connectivity index (χ0v) is 9.35. The molecule has 0 saturated carbocycles. The third kappa shape index (κ3) is 2.64. The van der Waals surface area contributed by atoms with Gasteiger partial charge in [0.25, 0.3) is 0 Å². The molecule has 0 fully saturated rings. The van der Waals surface area contributed by atoms with Crippen LogP contribution in [-0.4, -0.2) is 5.78 Å². The van der Waals surface area contributed by atoms with Gasteiger partial charge in [-0.25, -0.2) is 0 Å². The van der Waals surface area contributed by atoms with Crippen LogP contribution in [0.3, 0.4) is 0 Å². The number of nitrogens with zero attached hydrogens (tertiary/aromatic N) is 1. The lowest BCUT2D eigenvalue weighted by molar-refractivity contribution is -0.137. The minimum absolute atomic E-state index is 0.0288. The number of hydrogen-bond acceptors (Lipinski definition) is 2. The molecule has 0 aliphatic carbocycles. The lowest BCUT2D eigenvalue weighted by Crippen LogP contribution is -2.10. The molecule has 90 valence electrons. The van der Waals surface area contributed by atoms with Crippen molar-refractivity contribution in [3.63, 3.8) is 0 Å². The highest BCUT2D eigenvalue weighted by atomic mass is 19.4. The van der Waals surface area contributed by atoms with Crippen LogP contribution in [0.25, 0.3) is 0 Å². The Bertz CT molecular complexity index is 498. The van der Waals surface area contributed by atoms with Crippen molar-refractivity contribution in [2.75, 3.05) is 0 Å². The molecule has 1 aromatic carbocycles. The molecule has 0 saturated heterocycles. The molecule has 2 nitrogen and oxygen atoms in total. The van der Waals surface area contributed by atoms with Crippen LogP contribution in [0.1, 0.15) is 40.9 Å². The molecule has 0 spiro atoms. The van der Waals surface area contributed by atoms with E-state index in [0.717, 1.165) is 12.1 Å². The van der Waals surface area contributed by atoms with Gasteiger partial charge in [-0.05, 0) is 31.0 Å². The van der Waals surface area contributed by atoms with Crippen molar-refractivity contribution in [2.45, 2.75) is 26.4 Å². The number of hydrogen-bond donors (Lipinski definition) is 0. The first kappa shape index (κ1) is 13.2. The summed E-state index contributed by atoms with van der Waals surface area (Å²) in [5, 5.41) is 8.82. The number of Topliss-reactive ketones (excluding diaryl/α,β-unsaturated/α-hetero) is 1. The van der Waals surface area contributed by atoms with Gasteiger partial charge in [0.2, 0.25) is 0 Å². The molecule has 0 atom stereocenters. The highest BCUT2D eigenvalue weighted by molar-refractivity contribution is 5.96. The smallest absolute Gasteiger partial charge is 0.295 e. The maximum absolute atomic E-state index is 12.6. The highest BCUT2D eigenvalue weighted by Crippen LogP contribution is 2.32. The van der Waals surface area contributed by atoms with E-state index in [4.69, 9.17) is 5.26 Å². The minimum atomic E-state index is -4.55. The first-order valence-corrected chi connectivity index (χ1v) is 4.96. The molecule has 1 rings (SSSR count). The molecular formula is C12H10F3NO. The predicted octanol–water partition coefficient (Wildman–Crippen LogP) is 3.34. The van der Waals surface area contributed by atoms with Gasteiger partial charge in [0.15, 0.2) is 5.78 Å². The molecule has 0 radical (unpaired) electrons. The largest absolute Gasteiger partial charge is 0.416 e. The van der Waals surface area contributed by atoms with Crippen LogP contribution in [0.15, 0.2) is 12.1 Å². The third-order valence-corrected chi connectivity index (χ3v) is 2.43. The molecule has 0 bridgehead atoms. The summed E-state index contributed by atoms with van der Waals surface area (Å²) in [6.45, 7) is 2.88. The minimum Gasteiger partial charge on any atom is -0.295 e. The molecule has 5 heteroatoms. The number of alkyl halides is 3. The predicted molar refractivity (Wildman–Crippen MR) is 55.5 cm³/mol. The summed E-state index contributed by atoms with van der Waals surface area (Å²) in [4.78, 5) is 11.3. The SMILES string of the molecule is CCc1c(C#N)cc(C(F)(F)F)cc1C(C)=O. The van der Waals surface area contributed by atoms with Crippen molar-refractivity contribution >= 4 is 5.78 Å². The summed E-state index contributed by atoms with van der Waals surface area (Å²) in [6.07, 6.45) is -4.21. The number of halogens is 3. The van der Waals surface area contributed by atoms with Crippen LogP contribution in [-0.2, 0) is 12.6 Å². The van der Waals surface area contributed by atoms with Gasteiger partial charge in [0.1, 0.15) is 0 Å². The monoisotopic (exact) mass is 241 g/mol. The van der Waals surface area contributed by atoms with E-state index < -0.39 is 17.5 Å². The van der Waals surface area contributed by atoms with Crippen molar-refractivity contribution in [3.05, 3.63) is 34.4 Å². The molecular weight excluding hydrogens is 231 g/mol. The van der Waals surface area contributed by atoms with Crippen molar-refractivity contribution in [1.29, 1.82) is 5.26 Å². The molecule has 0 unspecified atom stereocenters. The molecule has 0 aliphatic rings. The Morgan fingerprint density at radius 1 is 1.41 bits per heavy atom.